The van der Waals surface area contributed by atoms with Crippen LogP contribution in [-0.4, -0.2) is 18.3 Å². The summed E-state index contributed by atoms with van der Waals surface area (Å²) in [6.07, 6.45) is 0. The van der Waals surface area contributed by atoms with Gasteiger partial charge in [-0.3, -0.25) is 0 Å². The van der Waals surface area contributed by atoms with Gasteiger partial charge in [0.2, 0.25) is 0 Å². The van der Waals surface area contributed by atoms with E-state index < -0.39 is 11.6 Å². The van der Waals surface area contributed by atoms with Crippen LogP contribution in [0.2, 0.25) is 0 Å². The molecular weight excluding hydrogens is 202 g/mol. The van der Waals surface area contributed by atoms with Gasteiger partial charge in [0.25, 0.3) is 0 Å². The van der Waals surface area contributed by atoms with Crippen LogP contribution < -0.4 is 4.74 Å². The van der Waals surface area contributed by atoms with Crippen LogP contribution in [0, 0.1) is 11.6 Å². The third kappa shape index (κ3) is 2.89. The first-order valence-corrected chi connectivity index (χ1v) is 4.79. The SMILES string of the molecule is CC(C)c1c(F)cc(F)cc1OCCO. The van der Waals surface area contributed by atoms with Crippen molar-refractivity contribution in [1.29, 1.82) is 0 Å². The first-order chi connectivity index (χ1) is 7.06. The highest BCUT2D eigenvalue weighted by molar-refractivity contribution is 5.37. The number of ether oxygens (including phenoxy) is 1. The van der Waals surface area contributed by atoms with Crippen molar-refractivity contribution in [2.45, 2.75) is 19.8 Å². The normalized spacial score (nSPS) is 10.8. The van der Waals surface area contributed by atoms with E-state index in [2.05, 4.69) is 0 Å². The van der Waals surface area contributed by atoms with E-state index in [0.717, 1.165) is 12.1 Å². The zero-order valence-corrected chi connectivity index (χ0v) is 8.76. The maximum Gasteiger partial charge on any atom is 0.133 e. The van der Waals surface area contributed by atoms with E-state index in [9.17, 15) is 8.78 Å². The molecule has 0 aliphatic heterocycles. The number of aliphatic hydroxyl groups is 1. The lowest BCUT2D eigenvalue weighted by molar-refractivity contribution is 0.198. The molecule has 0 aromatic heterocycles. The number of hydrogen-bond donors (Lipinski definition) is 1. The first kappa shape index (κ1) is 11.9. The third-order valence-corrected chi connectivity index (χ3v) is 1.98. The fourth-order valence-electron chi connectivity index (χ4n) is 1.40. The van der Waals surface area contributed by atoms with Crippen LogP contribution in [0.1, 0.15) is 25.3 Å². The minimum absolute atomic E-state index is 0.0304. The zero-order valence-electron chi connectivity index (χ0n) is 8.76. The number of benzene rings is 1. The molecule has 0 heterocycles. The minimum atomic E-state index is -0.676. The van der Waals surface area contributed by atoms with Gasteiger partial charge in [-0.25, -0.2) is 8.78 Å². The Morgan fingerprint density at radius 2 is 2.00 bits per heavy atom. The van der Waals surface area contributed by atoms with Gasteiger partial charge in [0.1, 0.15) is 24.0 Å². The second kappa shape index (κ2) is 5.07. The molecule has 1 aromatic carbocycles. The molecule has 0 amide bonds. The largest absolute Gasteiger partial charge is 0.491 e. The molecule has 1 N–H and O–H groups in total. The molecule has 0 atom stereocenters. The lowest BCUT2D eigenvalue weighted by Gasteiger charge is -2.14. The summed E-state index contributed by atoms with van der Waals surface area (Å²) in [4.78, 5) is 0. The third-order valence-electron chi connectivity index (χ3n) is 1.98. The summed E-state index contributed by atoms with van der Waals surface area (Å²) < 4.78 is 31.4. The zero-order chi connectivity index (χ0) is 11.4. The van der Waals surface area contributed by atoms with Crippen molar-refractivity contribution in [3.05, 3.63) is 29.3 Å². The highest BCUT2D eigenvalue weighted by Gasteiger charge is 2.15. The molecule has 1 aromatic rings. The van der Waals surface area contributed by atoms with E-state index >= 15 is 0 Å². The number of rotatable bonds is 4. The molecule has 0 spiro atoms. The van der Waals surface area contributed by atoms with E-state index in [-0.39, 0.29) is 24.9 Å². The average molecular weight is 216 g/mol. The highest BCUT2D eigenvalue weighted by atomic mass is 19.1. The molecule has 0 saturated carbocycles. The summed E-state index contributed by atoms with van der Waals surface area (Å²) in [7, 11) is 0. The van der Waals surface area contributed by atoms with Gasteiger partial charge in [-0.05, 0) is 5.92 Å². The van der Waals surface area contributed by atoms with Crippen LogP contribution in [0.25, 0.3) is 0 Å². The molecule has 2 nitrogen and oxygen atoms in total. The molecule has 84 valence electrons. The van der Waals surface area contributed by atoms with Crippen molar-refractivity contribution in [3.63, 3.8) is 0 Å². The maximum atomic E-state index is 13.4. The molecule has 1 rings (SSSR count). The second-order valence-electron chi connectivity index (χ2n) is 3.53. The van der Waals surface area contributed by atoms with Gasteiger partial charge in [-0.2, -0.15) is 0 Å². The minimum Gasteiger partial charge on any atom is -0.491 e. The van der Waals surface area contributed by atoms with Gasteiger partial charge >= 0.3 is 0 Å². The quantitative estimate of drug-likeness (QED) is 0.837. The fourth-order valence-corrected chi connectivity index (χ4v) is 1.40. The Bertz CT molecular complexity index is 338. The van der Waals surface area contributed by atoms with E-state index in [1.54, 1.807) is 13.8 Å². The molecular formula is C11H14F2O2. The predicted octanol–water partition coefficient (Wildman–Crippen LogP) is 2.46. The molecule has 0 saturated heterocycles. The van der Waals surface area contributed by atoms with Crippen molar-refractivity contribution in [1.82, 2.24) is 0 Å². The Balaban J connectivity index is 3.09. The van der Waals surface area contributed by atoms with Crippen molar-refractivity contribution >= 4 is 0 Å². The number of halogens is 2. The van der Waals surface area contributed by atoms with Crippen molar-refractivity contribution in [3.8, 4) is 5.75 Å². The summed E-state index contributed by atoms with van der Waals surface area (Å²) >= 11 is 0. The molecule has 0 aliphatic rings. The van der Waals surface area contributed by atoms with E-state index in [1.165, 1.54) is 0 Å². The topological polar surface area (TPSA) is 29.5 Å². The fraction of sp³-hybridized carbons (Fsp3) is 0.455. The Morgan fingerprint density at radius 3 is 2.53 bits per heavy atom. The van der Waals surface area contributed by atoms with Crippen molar-refractivity contribution < 1.29 is 18.6 Å². The Kier molecular flexibility index (Phi) is 4.03. The summed E-state index contributed by atoms with van der Waals surface area (Å²) in [5.74, 6) is -1.22. The van der Waals surface area contributed by atoms with E-state index in [4.69, 9.17) is 9.84 Å². The number of hydrogen-bond acceptors (Lipinski definition) is 2. The predicted molar refractivity (Wildman–Crippen MR) is 53.0 cm³/mol. The van der Waals surface area contributed by atoms with Gasteiger partial charge in [0.05, 0.1) is 6.61 Å². The molecule has 15 heavy (non-hydrogen) atoms. The summed E-state index contributed by atoms with van der Waals surface area (Å²) in [5.41, 5.74) is 0.338. The molecule has 0 radical (unpaired) electrons. The summed E-state index contributed by atoms with van der Waals surface area (Å²) in [6.45, 7) is 3.43. The molecule has 0 aliphatic carbocycles. The van der Waals surface area contributed by atoms with Crippen molar-refractivity contribution in [2.75, 3.05) is 13.2 Å². The number of aliphatic hydroxyl groups excluding tert-OH is 1. The van der Waals surface area contributed by atoms with E-state index in [0.29, 0.717) is 5.56 Å². The second-order valence-corrected chi connectivity index (χ2v) is 3.53. The van der Waals surface area contributed by atoms with Gasteiger partial charge < -0.3 is 9.84 Å². The lowest BCUT2D eigenvalue weighted by atomic mass is 10.0. The molecule has 0 unspecified atom stereocenters. The van der Waals surface area contributed by atoms with Crippen LogP contribution >= 0.6 is 0 Å². The van der Waals surface area contributed by atoms with Gasteiger partial charge in [0, 0.05) is 17.7 Å². The van der Waals surface area contributed by atoms with Crippen molar-refractivity contribution in [2.24, 2.45) is 0 Å². The smallest absolute Gasteiger partial charge is 0.133 e. The van der Waals surface area contributed by atoms with Gasteiger partial charge in [-0.15, -0.1) is 0 Å². The van der Waals surface area contributed by atoms with E-state index in [1.807, 2.05) is 0 Å². The lowest BCUT2D eigenvalue weighted by Crippen LogP contribution is -2.06. The van der Waals surface area contributed by atoms with Gasteiger partial charge in [-0.1, -0.05) is 13.8 Å². The molecule has 0 bridgehead atoms. The highest BCUT2D eigenvalue weighted by Crippen LogP contribution is 2.30. The van der Waals surface area contributed by atoms with Gasteiger partial charge in [0.15, 0.2) is 0 Å². The molecule has 4 heteroatoms. The van der Waals surface area contributed by atoms with Crippen LogP contribution in [-0.2, 0) is 0 Å². The Labute approximate surface area is 87.5 Å². The molecule has 0 fully saturated rings. The Morgan fingerprint density at radius 1 is 1.33 bits per heavy atom. The van der Waals surface area contributed by atoms with Crippen LogP contribution in [0.4, 0.5) is 8.78 Å². The van der Waals surface area contributed by atoms with Crippen LogP contribution in [0.15, 0.2) is 12.1 Å². The standard InChI is InChI=1S/C11H14F2O2/c1-7(2)11-9(13)5-8(12)6-10(11)15-4-3-14/h5-7,14H,3-4H2,1-2H3. The van der Waals surface area contributed by atoms with Crippen LogP contribution in [0.5, 0.6) is 5.75 Å². The Hall–Kier alpha value is -1.16. The first-order valence-electron chi connectivity index (χ1n) is 4.79. The summed E-state index contributed by atoms with van der Waals surface area (Å²) in [5, 5.41) is 8.58. The average Bonchev–Trinajstić information content (AvgIpc) is 2.12. The maximum absolute atomic E-state index is 13.4. The monoisotopic (exact) mass is 216 g/mol. The summed E-state index contributed by atoms with van der Waals surface area (Å²) in [6, 6.07) is 1.97. The van der Waals surface area contributed by atoms with Crippen LogP contribution in [0.3, 0.4) is 0 Å².